The van der Waals surface area contributed by atoms with Gasteiger partial charge in [-0.1, -0.05) is 24.3 Å². The molecular formula is C18H22ClN3O4S. The van der Waals surface area contributed by atoms with Crippen molar-refractivity contribution in [3.63, 3.8) is 0 Å². The molecule has 3 rings (SSSR count). The van der Waals surface area contributed by atoms with Gasteiger partial charge in [-0.3, -0.25) is 4.79 Å². The number of benzene rings is 2. The molecule has 0 aromatic heterocycles. The van der Waals surface area contributed by atoms with E-state index >= 15 is 0 Å². The van der Waals surface area contributed by atoms with E-state index in [0.29, 0.717) is 18.7 Å². The minimum Gasteiger partial charge on any atom is -0.492 e. The van der Waals surface area contributed by atoms with Crippen LogP contribution in [0.25, 0.3) is 0 Å². The molecule has 0 saturated heterocycles. The van der Waals surface area contributed by atoms with E-state index in [1.54, 1.807) is 12.1 Å². The highest BCUT2D eigenvalue weighted by atomic mass is 35.5. The minimum absolute atomic E-state index is 0. The Hall–Kier alpha value is -2.13. The molecule has 27 heavy (non-hydrogen) atoms. The van der Waals surface area contributed by atoms with E-state index in [9.17, 15) is 13.2 Å². The number of nitrogens with one attached hydrogen (secondary N) is 2. The zero-order valence-electron chi connectivity index (χ0n) is 14.6. The summed E-state index contributed by atoms with van der Waals surface area (Å²) in [5, 5.41) is 2.78. The topological polar surface area (TPSA) is 111 Å². The van der Waals surface area contributed by atoms with Crippen molar-refractivity contribution in [1.82, 2.24) is 4.72 Å². The number of halogens is 1. The van der Waals surface area contributed by atoms with Crippen molar-refractivity contribution in [2.45, 2.75) is 11.3 Å². The Morgan fingerprint density at radius 3 is 2.74 bits per heavy atom. The summed E-state index contributed by atoms with van der Waals surface area (Å²) in [6.45, 7) is 0.648. The van der Waals surface area contributed by atoms with Crippen molar-refractivity contribution in [2.75, 3.05) is 25.0 Å². The second-order valence-corrected chi connectivity index (χ2v) is 7.79. The van der Waals surface area contributed by atoms with Crippen LogP contribution in [-0.4, -0.2) is 34.0 Å². The number of amides is 1. The summed E-state index contributed by atoms with van der Waals surface area (Å²) in [6.07, 6.45) is 0.581. The van der Waals surface area contributed by atoms with Crippen molar-refractivity contribution >= 4 is 34.0 Å². The fraction of sp³-hybridized carbons (Fsp3) is 0.278. The normalized spacial score (nSPS) is 15.8. The minimum atomic E-state index is -3.65. The highest BCUT2D eigenvalue weighted by molar-refractivity contribution is 7.89. The lowest BCUT2D eigenvalue weighted by Crippen LogP contribution is -2.32. The van der Waals surface area contributed by atoms with Gasteiger partial charge in [-0.25, -0.2) is 13.1 Å². The highest BCUT2D eigenvalue weighted by Gasteiger charge is 2.26. The molecule has 0 fully saturated rings. The monoisotopic (exact) mass is 411 g/mol. The molecule has 1 heterocycles. The first-order valence-corrected chi connectivity index (χ1v) is 9.79. The highest BCUT2D eigenvalue weighted by Crippen LogP contribution is 2.27. The lowest BCUT2D eigenvalue weighted by atomic mass is 9.96. The first-order chi connectivity index (χ1) is 12.5. The van der Waals surface area contributed by atoms with Crippen LogP contribution in [0.3, 0.4) is 0 Å². The predicted octanol–water partition coefficient (Wildman–Crippen LogP) is 1.54. The molecule has 1 aliphatic rings. The molecule has 0 aliphatic carbocycles. The van der Waals surface area contributed by atoms with Gasteiger partial charge in [0.25, 0.3) is 0 Å². The summed E-state index contributed by atoms with van der Waals surface area (Å²) in [7, 11) is -3.65. The predicted molar refractivity (Wildman–Crippen MR) is 106 cm³/mol. The summed E-state index contributed by atoms with van der Waals surface area (Å²) in [5.41, 5.74) is 6.74. The number of rotatable bonds is 6. The number of anilines is 1. The van der Waals surface area contributed by atoms with E-state index in [4.69, 9.17) is 10.5 Å². The Balaban J connectivity index is 0.00000261. The van der Waals surface area contributed by atoms with Crippen LogP contribution in [-0.2, 0) is 21.2 Å². The lowest BCUT2D eigenvalue weighted by Gasteiger charge is -2.24. The van der Waals surface area contributed by atoms with Gasteiger partial charge in [0.1, 0.15) is 12.4 Å². The molecule has 1 unspecified atom stereocenters. The van der Waals surface area contributed by atoms with Crippen molar-refractivity contribution in [3.8, 4) is 5.75 Å². The molecule has 0 bridgehead atoms. The molecule has 2 aromatic carbocycles. The van der Waals surface area contributed by atoms with Gasteiger partial charge in [-0.05, 0) is 36.2 Å². The van der Waals surface area contributed by atoms with E-state index in [-0.39, 0.29) is 42.2 Å². The largest absolute Gasteiger partial charge is 0.492 e. The van der Waals surface area contributed by atoms with E-state index in [1.807, 2.05) is 24.3 Å². The Kier molecular flexibility index (Phi) is 7.20. The van der Waals surface area contributed by atoms with E-state index in [2.05, 4.69) is 10.0 Å². The fourth-order valence-electron chi connectivity index (χ4n) is 2.76. The van der Waals surface area contributed by atoms with Crippen molar-refractivity contribution < 1.29 is 17.9 Å². The fourth-order valence-corrected chi connectivity index (χ4v) is 3.85. The van der Waals surface area contributed by atoms with Crippen LogP contribution in [0.1, 0.15) is 5.56 Å². The van der Waals surface area contributed by atoms with Crippen LogP contribution >= 0.6 is 12.4 Å². The average molecular weight is 412 g/mol. The summed E-state index contributed by atoms with van der Waals surface area (Å²) in [5.74, 6) is 0.264. The molecule has 7 nitrogen and oxygen atoms in total. The number of sulfonamides is 1. The van der Waals surface area contributed by atoms with Gasteiger partial charge in [0.15, 0.2) is 0 Å². The molecular weight excluding hydrogens is 390 g/mol. The summed E-state index contributed by atoms with van der Waals surface area (Å²) in [4.78, 5) is 12.6. The molecule has 1 atom stereocenters. The second-order valence-electron chi connectivity index (χ2n) is 6.02. The van der Waals surface area contributed by atoms with Gasteiger partial charge in [0, 0.05) is 18.8 Å². The third-order valence-corrected chi connectivity index (χ3v) is 5.56. The number of carbonyl (C=O) groups is 1. The summed E-state index contributed by atoms with van der Waals surface area (Å²) in [6, 6.07) is 13.7. The average Bonchev–Trinajstić information content (AvgIpc) is 2.66. The third kappa shape index (κ3) is 5.20. The number of ether oxygens (including phenoxy) is 1. The van der Waals surface area contributed by atoms with Gasteiger partial charge in [-0.2, -0.15) is 0 Å². The lowest BCUT2D eigenvalue weighted by molar-refractivity contribution is -0.121. The molecule has 0 spiro atoms. The Bertz CT molecular complexity index is 905. The van der Waals surface area contributed by atoms with Crippen molar-refractivity contribution in [1.29, 1.82) is 0 Å². The maximum atomic E-state index is 12.5. The first kappa shape index (κ1) is 21.2. The maximum absolute atomic E-state index is 12.5. The van der Waals surface area contributed by atoms with Crippen molar-refractivity contribution in [3.05, 3.63) is 54.1 Å². The van der Waals surface area contributed by atoms with Crippen molar-refractivity contribution in [2.24, 2.45) is 11.7 Å². The standard InChI is InChI=1S/C18H21N3O4S.ClH/c19-8-9-20-26(23,24)16-6-3-5-15(11-16)21-18(22)14-10-13-4-1-2-7-17(13)25-12-14;/h1-7,11,14,20H,8-10,12,19H2,(H,21,22);1H. The van der Waals surface area contributed by atoms with Gasteiger partial charge in [-0.15, -0.1) is 12.4 Å². The molecule has 9 heteroatoms. The molecule has 1 amide bonds. The van der Waals surface area contributed by atoms with E-state index in [1.165, 1.54) is 12.1 Å². The Morgan fingerprint density at radius 1 is 1.19 bits per heavy atom. The van der Waals surface area contributed by atoms with Gasteiger partial charge in [0.2, 0.25) is 15.9 Å². The van der Waals surface area contributed by atoms with E-state index in [0.717, 1.165) is 11.3 Å². The number of hydrogen-bond acceptors (Lipinski definition) is 5. The number of nitrogens with two attached hydrogens (primary N) is 1. The molecule has 0 radical (unpaired) electrons. The zero-order valence-corrected chi connectivity index (χ0v) is 16.2. The maximum Gasteiger partial charge on any atom is 0.240 e. The molecule has 1 aliphatic heterocycles. The molecule has 0 saturated carbocycles. The zero-order chi connectivity index (χ0) is 18.6. The Labute approximate surface area is 164 Å². The van der Waals surface area contributed by atoms with Crippen LogP contribution in [0.5, 0.6) is 5.75 Å². The van der Waals surface area contributed by atoms with Crippen LogP contribution in [0.2, 0.25) is 0 Å². The molecule has 146 valence electrons. The number of para-hydroxylation sites is 1. The van der Waals surface area contributed by atoms with E-state index < -0.39 is 10.0 Å². The van der Waals surface area contributed by atoms with Gasteiger partial charge < -0.3 is 15.8 Å². The molecule has 4 N–H and O–H groups in total. The van der Waals surface area contributed by atoms with Gasteiger partial charge in [0.05, 0.1) is 10.8 Å². The number of fused-ring (bicyclic) bond motifs is 1. The second kappa shape index (κ2) is 9.18. The Morgan fingerprint density at radius 2 is 1.96 bits per heavy atom. The quantitative estimate of drug-likeness (QED) is 0.667. The van der Waals surface area contributed by atoms with Crippen LogP contribution < -0.4 is 20.5 Å². The van der Waals surface area contributed by atoms with Crippen LogP contribution in [0.15, 0.2) is 53.4 Å². The third-order valence-electron chi connectivity index (χ3n) is 4.10. The molecule has 2 aromatic rings. The SMILES string of the molecule is Cl.NCCNS(=O)(=O)c1cccc(NC(=O)C2COc3ccccc3C2)c1. The number of hydrogen-bond donors (Lipinski definition) is 3. The van der Waals surface area contributed by atoms with Crippen LogP contribution in [0, 0.1) is 5.92 Å². The summed E-state index contributed by atoms with van der Waals surface area (Å²) < 4.78 is 32.4. The smallest absolute Gasteiger partial charge is 0.240 e. The van der Waals surface area contributed by atoms with Gasteiger partial charge >= 0.3 is 0 Å². The summed E-state index contributed by atoms with van der Waals surface area (Å²) >= 11 is 0. The van der Waals surface area contributed by atoms with Crippen LogP contribution in [0.4, 0.5) is 5.69 Å². The first-order valence-electron chi connectivity index (χ1n) is 8.31. The number of carbonyl (C=O) groups excluding carboxylic acids is 1.